The molecule has 0 fully saturated rings. The normalized spacial score (nSPS) is 0. The van der Waals surface area contributed by atoms with Crippen LogP contribution in [-0.4, -0.2) is 21.9 Å². The Balaban J connectivity index is 0. The van der Waals surface area contributed by atoms with Crippen molar-refractivity contribution in [1.82, 2.24) is 0 Å². The van der Waals surface area contributed by atoms with E-state index in [1.807, 2.05) is 0 Å². The average Bonchev–Trinajstić information content (AvgIpc) is 0. The molecule has 7 heteroatoms. The van der Waals surface area contributed by atoms with Crippen molar-refractivity contribution < 1.29 is 91.1 Å². The molecule has 4 nitrogen and oxygen atoms in total. The topological polar surface area (TPSA) is 126 Å². The van der Waals surface area contributed by atoms with E-state index in [0.717, 1.165) is 0 Å². The minimum absolute atomic E-state index is 0. The molecule has 0 rings (SSSR count). The molecule has 0 unspecified atom stereocenters. The molecule has 0 bridgehead atoms. The third-order valence-electron chi connectivity index (χ3n) is 0. The van der Waals surface area contributed by atoms with Crippen LogP contribution in [-0.2, 0) is 38.2 Å². The van der Waals surface area contributed by atoms with Gasteiger partial charge < -0.3 is 23.3 Å². The molecule has 0 spiro atoms. The van der Waals surface area contributed by atoms with Gasteiger partial charge in [0.15, 0.2) is 0 Å². The van der Waals surface area contributed by atoms with Crippen molar-refractivity contribution in [3.05, 3.63) is 0 Å². The summed E-state index contributed by atoms with van der Waals surface area (Å²) in [4.78, 5) is 0. The average molecular weight is 203 g/mol. The molecule has 0 saturated heterocycles. The minimum Gasteiger partial charge on any atom is -1.00 e. The minimum atomic E-state index is 0. The predicted molar refractivity (Wildman–Crippen MR) is 15.6 cm³/mol. The summed E-state index contributed by atoms with van der Waals surface area (Å²) in [6.45, 7) is 0. The Morgan fingerprint density at radius 3 is 0.714 bits per heavy atom. The molecule has 0 aromatic carbocycles. The van der Waals surface area contributed by atoms with E-state index in [1.54, 1.807) is 0 Å². The standard InChI is InChI=1S/Na.Ni.4H2O.Ti.H/h;;4*1H2;;/q+1;;;;;;;-1. The summed E-state index contributed by atoms with van der Waals surface area (Å²) in [5.41, 5.74) is 0. The fourth-order valence-electron chi connectivity index (χ4n) is 0. The van der Waals surface area contributed by atoms with E-state index in [9.17, 15) is 0 Å². The van der Waals surface area contributed by atoms with Gasteiger partial charge in [-0.1, -0.05) is 0 Å². The Labute approximate surface area is 90.2 Å². The Morgan fingerprint density at radius 1 is 0.714 bits per heavy atom. The molecule has 0 aromatic heterocycles. The van der Waals surface area contributed by atoms with Gasteiger partial charge in [0.2, 0.25) is 0 Å². The van der Waals surface area contributed by atoms with Gasteiger partial charge in [0.05, 0.1) is 0 Å². The summed E-state index contributed by atoms with van der Waals surface area (Å²) in [6, 6.07) is 0. The van der Waals surface area contributed by atoms with Crippen molar-refractivity contribution in [3.8, 4) is 0 Å². The fourth-order valence-corrected chi connectivity index (χ4v) is 0. The van der Waals surface area contributed by atoms with Gasteiger partial charge in [0.1, 0.15) is 0 Å². The SMILES string of the molecule is O.O.O.O.[H-].[Na+].[Ni].[Ti]. The summed E-state index contributed by atoms with van der Waals surface area (Å²) >= 11 is 0. The van der Waals surface area contributed by atoms with Crippen molar-refractivity contribution >= 4 is 0 Å². The first-order valence-electron chi connectivity index (χ1n) is 0. The first kappa shape index (κ1) is 140. The van der Waals surface area contributed by atoms with Crippen molar-refractivity contribution in [1.29, 1.82) is 0 Å². The van der Waals surface area contributed by atoms with E-state index in [0.29, 0.717) is 0 Å². The largest absolute Gasteiger partial charge is 1.00 e. The van der Waals surface area contributed by atoms with Crippen LogP contribution in [0.4, 0.5) is 0 Å². The fraction of sp³-hybridized carbons (Fsp3) is 0. The first-order valence-corrected chi connectivity index (χ1v) is 0. The van der Waals surface area contributed by atoms with Gasteiger partial charge >= 0.3 is 29.6 Å². The van der Waals surface area contributed by atoms with Gasteiger partial charge in [0, 0.05) is 38.2 Å². The van der Waals surface area contributed by atoms with Crippen LogP contribution >= 0.6 is 0 Å². The number of rotatable bonds is 0. The van der Waals surface area contributed by atoms with Crippen molar-refractivity contribution in [2.24, 2.45) is 0 Å². The van der Waals surface area contributed by atoms with Crippen molar-refractivity contribution in [3.63, 3.8) is 0 Å². The molecule has 0 saturated carbocycles. The first-order chi connectivity index (χ1) is 0. The van der Waals surface area contributed by atoms with E-state index in [4.69, 9.17) is 0 Å². The summed E-state index contributed by atoms with van der Waals surface area (Å²) in [6.07, 6.45) is 0. The van der Waals surface area contributed by atoms with E-state index in [2.05, 4.69) is 0 Å². The molecule has 0 heterocycles. The molecule has 48 valence electrons. The second-order valence-corrected chi connectivity index (χ2v) is 0. The van der Waals surface area contributed by atoms with Crippen molar-refractivity contribution in [2.45, 2.75) is 0 Å². The molecule has 0 aromatic rings. The second-order valence-electron chi connectivity index (χ2n) is 0. The van der Waals surface area contributed by atoms with Crippen LogP contribution in [0.25, 0.3) is 0 Å². The Morgan fingerprint density at radius 2 is 0.714 bits per heavy atom. The molecule has 0 amide bonds. The van der Waals surface area contributed by atoms with Gasteiger partial charge in [-0.25, -0.2) is 0 Å². The van der Waals surface area contributed by atoms with Gasteiger partial charge in [-0.15, -0.1) is 0 Å². The Kier molecular flexibility index (Phi) is 1900. The molecule has 8 N–H and O–H groups in total. The van der Waals surface area contributed by atoms with Gasteiger partial charge in [0.25, 0.3) is 0 Å². The van der Waals surface area contributed by atoms with Crippen LogP contribution in [0, 0.1) is 0 Å². The summed E-state index contributed by atoms with van der Waals surface area (Å²) in [5.74, 6) is 0. The van der Waals surface area contributed by atoms with Crippen LogP contribution in [0.15, 0.2) is 0 Å². The van der Waals surface area contributed by atoms with Crippen LogP contribution in [0.1, 0.15) is 1.43 Å². The van der Waals surface area contributed by atoms with Gasteiger partial charge in [-0.2, -0.15) is 0 Å². The molecular weight excluding hydrogens is 194 g/mol. The van der Waals surface area contributed by atoms with E-state index in [-0.39, 0.29) is 91.1 Å². The quantitative estimate of drug-likeness (QED) is 0.347. The zero-order valence-electron chi connectivity index (χ0n) is 4.82. The molecule has 0 aliphatic heterocycles. The number of hydrogen-bond acceptors (Lipinski definition) is 0. The number of hydrogen-bond donors (Lipinski definition) is 0. The van der Waals surface area contributed by atoms with Gasteiger partial charge in [-0.3, -0.25) is 0 Å². The van der Waals surface area contributed by atoms with E-state index >= 15 is 0 Å². The third-order valence-corrected chi connectivity index (χ3v) is 0. The zero-order chi connectivity index (χ0) is 0. The predicted octanol–water partition coefficient (Wildman–Crippen LogP) is -6.19. The smallest absolute Gasteiger partial charge is 1.00 e. The molecule has 0 aliphatic carbocycles. The Hall–Kier alpha value is 2.05. The molecule has 0 aliphatic rings. The van der Waals surface area contributed by atoms with Crippen molar-refractivity contribution in [2.75, 3.05) is 0 Å². The van der Waals surface area contributed by atoms with Crippen LogP contribution in [0.2, 0.25) is 0 Å². The Bertz CT molecular complexity index is 16.0. The van der Waals surface area contributed by atoms with E-state index in [1.165, 1.54) is 0 Å². The summed E-state index contributed by atoms with van der Waals surface area (Å²) < 4.78 is 0. The van der Waals surface area contributed by atoms with Crippen LogP contribution in [0.3, 0.4) is 0 Å². The monoisotopic (exact) mass is 202 g/mol. The van der Waals surface area contributed by atoms with Gasteiger partial charge in [-0.05, 0) is 0 Å². The molecule has 7 heavy (non-hydrogen) atoms. The molecule has 0 atom stereocenters. The van der Waals surface area contributed by atoms with Crippen LogP contribution < -0.4 is 29.6 Å². The molecule has 0 radical (unpaired) electrons. The zero-order valence-corrected chi connectivity index (χ0v) is 8.37. The van der Waals surface area contributed by atoms with Crippen LogP contribution in [0.5, 0.6) is 0 Å². The molecular formula is H9NaNiO4Ti. The maximum absolute atomic E-state index is 0. The summed E-state index contributed by atoms with van der Waals surface area (Å²) in [7, 11) is 0. The van der Waals surface area contributed by atoms with E-state index < -0.39 is 0 Å². The maximum Gasteiger partial charge on any atom is 1.00 e. The second kappa shape index (κ2) is 95.3. The summed E-state index contributed by atoms with van der Waals surface area (Å²) in [5, 5.41) is 0. The maximum atomic E-state index is 0. The third kappa shape index (κ3) is 70.2.